The van der Waals surface area contributed by atoms with Crippen LogP contribution in [0.25, 0.3) is 0 Å². The van der Waals surface area contributed by atoms with E-state index in [0.717, 1.165) is 23.7 Å². The Morgan fingerprint density at radius 1 is 1.08 bits per heavy atom. The van der Waals surface area contributed by atoms with Crippen LogP contribution in [0.15, 0.2) is 54.7 Å². The van der Waals surface area contributed by atoms with E-state index in [1.165, 1.54) is 11.1 Å². The normalized spacial score (nSPS) is 10.8. The first-order chi connectivity index (χ1) is 12.6. The fourth-order valence-electron chi connectivity index (χ4n) is 2.55. The van der Waals surface area contributed by atoms with Gasteiger partial charge in [-0.15, -0.1) is 5.10 Å². The van der Waals surface area contributed by atoms with Gasteiger partial charge in [-0.2, -0.15) is 10.1 Å². The summed E-state index contributed by atoms with van der Waals surface area (Å²) in [5.74, 6) is 1.66. The average Bonchev–Trinajstić information content (AvgIpc) is 2.63. The van der Waals surface area contributed by atoms with Gasteiger partial charge >= 0.3 is 0 Å². The Hall–Kier alpha value is -2.66. The third-order valence-corrected chi connectivity index (χ3v) is 4.24. The molecular formula is C20H22ClN5. The molecule has 2 N–H and O–H groups in total. The number of hydrogen-bond donors (Lipinski definition) is 2. The first kappa shape index (κ1) is 18.1. The number of nitrogens with one attached hydrogen (secondary N) is 2. The molecule has 0 atom stereocenters. The van der Waals surface area contributed by atoms with Crippen LogP contribution in [0, 0.1) is 0 Å². The molecule has 0 bridgehead atoms. The SMILES string of the molecule is CC(C)c1ccc(Nc2nncc(NCCc3cccc(Cl)c3)n2)cc1. The molecule has 0 radical (unpaired) electrons. The van der Waals surface area contributed by atoms with Gasteiger partial charge in [-0.25, -0.2) is 0 Å². The lowest BCUT2D eigenvalue weighted by Gasteiger charge is -2.09. The summed E-state index contributed by atoms with van der Waals surface area (Å²) in [4.78, 5) is 4.45. The Labute approximate surface area is 158 Å². The number of anilines is 3. The largest absolute Gasteiger partial charge is 0.368 e. The Morgan fingerprint density at radius 3 is 2.62 bits per heavy atom. The summed E-state index contributed by atoms with van der Waals surface area (Å²) < 4.78 is 0. The van der Waals surface area contributed by atoms with E-state index in [2.05, 4.69) is 57.9 Å². The molecule has 3 rings (SSSR count). The van der Waals surface area contributed by atoms with E-state index in [0.29, 0.717) is 17.7 Å². The average molecular weight is 368 g/mol. The van der Waals surface area contributed by atoms with Crippen molar-refractivity contribution in [2.75, 3.05) is 17.2 Å². The molecule has 2 aromatic carbocycles. The first-order valence-corrected chi connectivity index (χ1v) is 9.03. The van der Waals surface area contributed by atoms with Crippen molar-refractivity contribution in [3.8, 4) is 0 Å². The van der Waals surface area contributed by atoms with Crippen molar-refractivity contribution >= 4 is 29.1 Å². The van der Waals surface area contributed by atoms with Crippen LogP contribution in [0.3, 0.4) is 0 Å². The van der Waals surface area contributed by atoms with Gasteiger partial charge in [0.1, 0.15) is 0 Å². The Morgan fingerprint density at radius 2 is 1.88 bits per heavy atom. The minimum Gasteiger partial charge on any atom is -0.368 e. The molecule has 26 heavy (non-hydrogen) atoms. The van der Waals surface area contributed by atoms with Crippen molar-refractivity contribution in [2.45, 2.75) is 26.2 Å². The maximum atomic E-state index is 6.01. The Balaban J connectivity index is 1.57. The number of benzene rings is 2. The van der Waals surface area contributed by atoms with Crippen molar-refractivity contribution in [1.29, 1.82) is 0 Å². The molecule has 0 amide bonds. The van der Waals surface area contributed by atoms with Gasteiger partial charge in [0.2, 0.25) is 5.95 Å². The molecule has 3 aromatic rings. The molecule has 0 unspecified atom stereocenters. The predicted octanol–water partition coefficient (Wildman–Crippen LogP) is 5.05. The van der Waals surface area contributed by atoms with E-state index in [4.69, 9.17) is 11.6 Å². The van der Waals surface area contributed by atoms with Gasteiger partial charge in [-0.3, -0.25) is 0 Å². The number of nitrogens with zero attached hydrogens (tertiary/aromatic N) is 3. The van der Waals surface area contributed by atoms with Crippen molar-refractivity contribution in [1.82, 2.24) is 15.2 Å². The molecule has 0 aliphatic heterocycles. The first-order valence-electron chi connectivity index (χ1n) is 8.65. The highest BCUT2D eigenvalue weighted by Crippen LogP contribution is 2.19. The fourth-order valence-corrected chi connectivity index (χ4v) is 2.76. The van der Waals surface area contributed by atoms with E-state index >= 15 is 0 Å². The summed E-state index contributed by atoms with van der Waals surface area (Å²) in [6.45, 7) is 5.09. The van der Waals surface area contributed by atoms with Gasteiger partial charge in [0.05, 0.1) is 6.20 Å². The van der Waals surface area contributed by atoms with Crippen LogP contribution < -0.4 is 10.6 Å². The lowest BCUT2D eigenvalue weighted by Crippen LogP contribution is -2.08. The third kappa shape index (κ3) is 5.17. The van der Waals surface area contributed by atoms with Gasteiger partial charge in [0.25, 0.3) is 0 Å². The van der Waals surface area contributed by atoms with E-state index in [-0.39, 0.29) is 0 Å². The standard InChI is InChI=1S/C20H22ClN5/c1-14(2)16-6-8-18(9-7-16)24-20-25-19(13-23-26-20)22-11-10-15-4-3-5-17(21)12-15/h3-9,12-14H,10-11H2,1-2H3,(H2,22,24,25,26). The second-order valence-corrected chi connectivity index (χ2v) is 6.81. The number of halogens is 1. The molecule has 0 saturated carbocycles. The maximum Gasteiger partial charge on any atom is 0.249 e. The summed E-state index contributed by atoms with van der Waals surface area (Å²) >= 11 is 6.01. The minimum absolute atomic E-state index is 0.468. The highest BCUT2D eigenvalue weighted by molar-refractivity contribution is 6.30. The fraction of sp³-hybridized carbons (Fsp3) is 0.250. The van der Waals surface area contributed by atoms with E-state index in [1.54, 1.807) is 6.20 Å². The third-order valence-electron chi connectivity index (χ3n) is 4.00. The number of rotatable bonds is 7. The molecule has 1 aromatic heterocycles. The van der Waals surface area contributed by atoms with Crippen LogP contribution >= 0.6 is 11.6 Å². The summed E-state index contributed by atoms with van der Waals surface area (Å²) in [5, 5.41) is 15.2. The summed E-state index contributed by atoms with van der Waals surface area (Å²) in [5.41, 5.74) is 3.41. The minimum atomic E-state index is 0.468. The summed E-state index contributed by atoms with van der Waals surface area (Å²) in [6, 6.07) is 16.1. The monoisotopic (exact) mass is 367 g/mol. The highest BCUT2D eigenvalue weighted by Gasteiger charge is 2.03. The molecule has 134 valence electrons. The zero-order valence-electron chi connectivity index (χ0n) is 14.9. The maximum absolute atomic E-state index is 6.01. The molecule has 6 heteroatoms. The highest BCUT2D eigenvalue weighted by atomic mass is 35.5. The van der Waals surface area contributed by atoms with Crippen molar-refractivity contribution in [3.05, 3.63) is 70.9 Å². The number of aromatic nitrogens is 3. The van der Waals surface area contributed by atoms with Crippen molar-refractivity contribution < 1.29 is 0 Å². The van der Waals surface area contributed by atoms with Gasteiger partial charge < -0.3 is 10.6 Å². The van der Waals surface area contributed by atoms with Gasteiger partial charge in [0, 0.05) is 17.3 Å². The molecule has 0 aliphatic rings. The molecule has 0 spiro atoms. The molecular weight excluding hydrogens is 346 g/mol. The van der Waals surface area contributed by atoms with Gasteiger partial charge in [-0.05, 0) is 47.7 Å². The van der Waals surface area contributed by atoms with Crippen LogP contribution in [-0.2, 0) is 6.42 Å². The topological polar surface area (TPSA) is 62.7 Å². The van der Waals surface area contributed by atoms with Crippen LogP contribution in [0.4, 0.5) is 17.5 Å². The van der Waals surface area contributed by atoms with Crippen LogP contribution in [-0.4, -0.2) is 21.7 Å². The van der Waals surface area contributed by atoms with Gasteiger partial charge in [-0.1, -0.05) is 49.7 Å². The zero-order chi connectivity index (χ0) is 18.4. The molecule has 0 aliphatic carbocycles. The van der Waals surface area contributed by atoms with Crippen LogP contribution in [0.2, 0.25) is 5.02 Å². The molecule has 5 nitrogen and oxygen atoms in total. The zero-order valence-corrected chi connectivity index (χ0v) is 15.7. The Kier molecular flexibility index (Phi) is 6.02. The lowest BCUT2D eigenvalue weighted by molar-refractivity contribution is 0.867. The van der Waals surface area contributed by atoms with E-state index < -0.39 is 0 Å². The second-order valence-electron chi connectivity index (χ2n) is 6.37. The van der Waals surface area contributed by atoms with E-state index in [1.807, 2.05) is 30.3 Å². The van der Waals surface area contributed by atoms with E-state index in [9.17, 15) is 0 Å². The summed E-state index contributed by atoms with van der Waals surface area (Å²) in [7, 11) is 0. The predicted molar refractivity (Wildman–Crippen MR) is 107 cm³/mol. The number of hydrogen-bond acceptors (Lipinski definition) is 5. The van der Waals surface area contributed by atoms with Gasteiger partial charge in [0.15, 0.2) is 5.82 Å². The lowest BCUT2D eigenvalue weighted by atomic mass is 10.0. The molecule has 0 fully saturated rings. The Bertz CT molecular complexity index is 849. The summed E-state index contributed by atoms with van der Waals surface area (Å²) in [6.07, 6.45) is 2.47. The molecule has 1 heterocycles. The molecule has 0 saturated heterocycles. The quantitative estimate of drug-likeness (QED) is 0.612. The van der Waals surface area contributed by atoms with Crippen LogP contribution in [0.1, 0.15) is 30.9 Å². The van der Waals surface area contributed by atoms with Crippen molar-refractivity contribution in [3.63, 3.8) is 0 Å². The smallest absolute Gasteiger partial charge is 0.249 e. The van der Waals surface area contributed by atoms with Crippen molar-refractivity contribution in [2.24, 2.45) is 0 Å². The van der Waals surface area contributed by atoms with Crippen LogP contribution in [0.5, 0.6) is 0 Å². The second kappa shape index (κ2) is 8.63.